The van der Waals surface area contributed by atoms with Crippen LogP contribution in [0.2, 0.25) is 0 Å². The molecule has 0 fully saturated rings. The monoisotopic (exact) mass is 445 g/mol. The van der Waals surface area contributed by atoms with Gasteiger partial charge in [-0.25, -0.2) is 18.6 Å². The van der Waals surface area contributed by atoms with Crippen LogP contribution in [0.3, 0.4) is 0 Å². The number of rotatable bonds is 8. The third-order valence-corrected chi connectivity index (χ3v) is 4.64. The van der Waals surface area contributed by atoms with E-state index in [4.69, 9.17) is 4.74 Å². The van der Waals surface area contributed by atoms with Gasteiger partial charge in [-0.1, -0.05) is 0 Å². The van der Waals surface area contributed by atoms with Crippen molar-refractivity contribution >= 4 is 29.4 Å². The summed E-state index contributed by atoms with van der Waals surface area (Å²) in [5, 5.41) is 11.5. The summed E-state index contributed by atoms with van der Waals surface area (Å²) >= 11 is 0. The van der Waals surface area contributed by atoms with Gasteiger partial charge in [0.1, 0.15) is 17.2 Å². The Morgan fingerprint density at radius 2 is 1.91 bits per heavy atom. The van der Waals surface area contributed by atoms with E-state index in [2.05, 4.69) is 26.3 Å². The van der Waals surface area contributed by atoms with Gasteiger partial charge < -0.3 is 26.0 Å². The van der Waals surface area contributed by atoms with Crippen molar-refractivity contribution in [2.75, 3.05) is 22.5 Å². The van der Waals surface area contributed by atoms with E-state index in [-0.39, 0.29) is 19.1 Å². The van der Waals surface area contributed by atoms with Crippen LogP contribution in [0.1, 0.15) is 45.8 Å². The molecule has 0 saturated heterocycles. The SMILES string of the molecule is CC(C)Oc1cc(F)c2c(c1)NC=NC2Nc1ccc(NC(=O)NCCC(C)(C)F)cc1. The Hall–Kier alpha value is -3.36. The third-order valence-electron chi connectivity index (χ3n) is 4.64. The number of hydrogen-bond acceptors (Lipinski definition) is 5. The molecule has 0 saturated carbocycles. The summed E-state index contributed by atoms with van der Waals surface area (Å²) in [4.78, 5) is 16.2. The molecule has 1 aliphatic rings. The van der Waals surface area contributed by atoms with Crippen molar-refractivity contribution in [2.45, 2.75) is 52.1 Å². The molecule has 9 heteroatoms. The molecule has 2 aromatic carbocycles. The van der Waals surface area contributed by atoms with Crippen LogP contribution in [-0.2, 0) is 0 Å². The Labute approximate surface area is 186 Å². The number of benzene rings is 2. The summed E-state index contributed by atoms with van der Waals surface area (Å²) in [5.74, 6) is 0.0213. The van der Waals surface area contributed by atoms with Gasteiger partial charge >= 0.3 is 6.03 Å². The lowest BCUT2D eigenvalue weighted by Gasteiger charge is -2.24. The van der Waals surface area contributed by atoms with Crippen molar-refractivity contribution in [2.24, 2.45) is 4.99 Å². The number of carbonyl (C=O) groups is 1. The van der Waals surface area contributed by atoms with Gasteiger partial charge in [0.25, 0.3) is 0 Å². The molecule has 3 rings (SSSR count). The Bertz CT molecular complexity index is 972. The largest absolute Gasteiger partial charge is 0.491 e. The first-order valence-corrected chi connectivity index (χ1v) is 10.5. The van der Waals surface area contributed by atoms with Gasteiger partial charge in [0.2, 0.25) is 0 Å². The topological polar surface area (TPSA) is 86.8 Å². The van der Waals surface area contributed by atoms with E-state index in [0.29, 0.717) is 28.4 Å². The van der Waals surface area contributed by atoms with E-state index in [9.17, 15) is 13.6 Å². The number of urea groups is 1. The highest BCUT2D eigenvalue weighted by Crippen LogP contribution is 2.35. The maximum atomic E-state index is 14.8. The van der Waals surface area contributed by atoms with Crippen molar-refractivity contribution in [1.82, 2.24) is 5.32 Å². The number of alkyl halides is 1. The zero-order valence-electron chi connectivity index (χ0n) is 18.6. The van der Waals surface area contributed by atoms with Crippen LogP contribution in [0, 0.1) is 5.82 Å². The molecule has 32 heavy (non-hydrogen) atoms. The van der Waals surface area contributed by atoms with Gasteiger partial charge in [0.15, 0.2) is 6.17 Å². The van der Waals surface area contributed by atoms with E-state index >= 15 is 0 Å². The van der Waals surface area contributed by atoms with Gasteiger partial charge in [-0.15, -0.1) is 0 Å². The summed E-state index contributed by atoms with van der Waals surface area (Å²) < 4.78 is 33.9. The van der Waals surface area contributed by atoms with Crippen molar-refractivity contribution in [3.8, 4) is 5.75 Å². The highest BCUT2D eigenvalue weighted by molar-refractivity contribution is 5.89. The third kappa shape index (κ3) is 6.57. The molecule has 172 valence electrons. The minimum absolute atomic E-state index is 0.0663. The fraction of sp³-hybridized carbons (Fsp3) is 0.391. The highest BCUT2D eigenvalue weighted by atomic mass is 19.1. The van der Waals surface area contributed by atoms with Crippen LogP contribution in [0.5, 0.6) is 5.75 Å². The lowest BCUT2D eigenvalue weighted by atomic mass is 10.1. The Morgan fingerprint density at radius 3 is 2.56 bits per heavy atom. The van der Waals surface area contributed by atoms with Gasteiger partial charge in [-0.3, -0.25) is 0 Å². The molecule has 0 bridgehead atoms. The minimum Gasteiger partial charge on any atom is -0.491 e. The molecule has 0 aliphatic carbocycles. The van der Waals surface area contributed by atoms with Crippen molar-refractivity contribution in [3.05, 3.63) is 47.8 Å². The number of hydrogen-bond donors (Lipinski definition) is 4. The first-order valence-electron chi connectivity index (χ1n) is 10.5. The fourth-order valence-electron chi connectivity index (χ4n) is 3.15. The van der Waals surface area contributed by atoms with Crippen molar-refractivity contribution in [3.63, 3.8) is 0 Å². The van der Waals surface area contributed by atoms with Crippen LogP contribution < -0.4 is 26.0 Å². The molecular formula is C23H29F2N5O2. The molecule has 2 amide bonds. The first kappa shape index (κ1) is 23.3. The van der Waals surface area contributed by atoms with Crippen LogP contribution in [0.25, 0.3) is 0 Å². The van der Waals surface area contributed by atoms with Gasteiger partial charge in [0, 0.05) is 30.1 Å². The molecule has 2 aromatic rings. The predicted octanol–water partition coefficient (Wildman–Crippen LogP) is 5.44. The van der Waals surface area contributed by atoms with Crippen LogP contribution in [-0.4, -0.2) is 30.7 Å². The lowest BCUT2D eigenvalue weighted by Crippen LogP contribution is -2.32. The molecule has 0 spiro atoms. The standard InChI is InChI=1S/C23H29F2N5O2/c1-14(2)32-17-11-18(24)20-19(12-17)27-13-28-21(20)29-15-5-7-16(8-6-15)30-22(31)26-10-9-23(3,4)25/h5-8,11-14,21,29H,9-10H2,1-4H3,(H,27,28)(H2,26,30,31). The predicted molar refractivity (Wildman–Crippen MR) is 124 cm³/mol. The summed E-state index contributed by atoms with van der Waals surface area (Å²) in [5.41, 5.74) is 0.912. The average Bonchev–Trinajstić information content (AvgIpc) is 2.68. The van der Waals surface area contributed by atoms with E-state index in [1.165, 1.54) is 26.3 Å². The summed E-state index contributed by atoms with van der Waals surface area (Å²) in [6, 6.07) is 9.62. The zero-order chi connectivity index (χ0) is 23.3. The molecule has 4 N–H and O–H groups in total. The molecule has 0 aromatic heterocycles. The second kappa shape index (κ2) is 9.84. The number of fused-ring (bicyclic) bond motifs is 1. The van der Waals surface area contributed by atoms with Gasteiger partial charge in [-0.2, -0.15) is 0 Å². The number of ether oxygens (including phenoxy) is 1. The maximum absolute atomic E-state index is 14.8. The Kier molecular flexibility index (Phi) is 7.17. The number of nitrogens with one attached hydrogen (secondary N) is 4. The number of amides is 2. The average molecular weight is 446 g/mol. The van der Waals surface area contributed by atoms with Crippen molar-refractivity contribution < 1.29 is 18.3 Å². The molecule has 1 heterocycles. The number of anilines is 3. The lowest BCUT2D eigenvalue weighted by molar-refractivity contribution is 0.200. The van der Waals surface area contributed by atoms with E-state index < -0.39 is 23.7 Å². The molecule has 0 radical (unpaired) electrons. The van der Waals surface area contributed by atoms with Crippen LogP contribution in [0.15, 0.2) is 41.4 Å². The van der Waals surface area contributed by atoms with Crippen LogP contribution >= 0.6 is 0 Å². The molecule has 1 unspecified atom stereocenters. The van der Waals surface area contributed by atoms with Crippen LogP contribution in [0.4, 0.5) is 30.6 Å². The molecular weight excluding hydrogens is 416 g/mol. The van der Waals surface area contributed by atoms with Crippen molar-refractivity contribution in [1.29, 1.82) is 0 Å². The van der Waals surface area contributed by atoms with Gasteiger partial charge in [0.05, 0.1) is 23.7 Å². The smallest absolute Gasteiger partial charge is 0.319 e. The molecule has 7 nitrogen and oxygen atoms in total. The Morgan fingerprint density at radius 1 is 1.22 bits per heavy atom. The quantitative estimate of drug-likeness (QED) is 0.436. The van der Waals surface area contributed by atoms with E-state index in [1.807, 2.05) is 13.8 Å². The summed E-state index contributed by atoms with van der Waals surface area (Å²) in [7, 11) is 0. The van der Waals surface area contributed by atoms with E-state index in [0.717, 1.165) is 0 Å². The Balaban J connectivity index is 1.62. The highest BCUT2D eigenvalue weighted by Gasteiger charge is 2.23. The second-order valence-electron chi connectivity index (χ2n) is 8.43. The molecule has 1 aliphatic heterocycles. The molecule has 1 atom stereocenters. The number of halogens is 2. The number of aliphatic imine (C=N–C) groups is 1. The first-order chi connectivity index (χ1) is 15.1. The summed E-state index contributed by atoms with van der Waals surface area (Å²) in [6.45, 7) is 6.92. The maximum Gasteiger partial charge on any atom is 0.319 e. The fourth-order valence-corrected chi connectivity index (χ4v) is 3.15. The minimum atomic E-state index is -1.33. The normalized spacial score (nSPS) is 15.0. The van der Waals surface area contributed by atoms with E-state index in [1.54, 1.807) is 30.3 Å². The van der Waals surface area contributed by atoms with Gasteiger partial charge in [-0.05, 0) is 58.4 Å². The number of nitrogens with zero attached hydrogens (tertiary/aromatic N) is 1. The number of carbonyl (C=O) groups excluding carboxylic acids is 1. The summed E-state index contributed by atoms with van der Waals surface area (Å²) in [6.07, 6.45) is 1.05. The zero-order valence-corrected chi connectivity index (χ0v) is 18.6. The second-order valence-corrected chi connectivity index (χ2v) is 8.43.